The summed E-state index contributed by atoms with van der Waals surface area (Å²) in [6, 6.07) is 0. The van der Waals surface area contributed by atoms with E-state index in [-0.39, 0.29) is 0 Å². The first kappa shape index (κ1) is 32.8. The topological polar surface area (TPSA) is 112 Å². The Balaban J connectivity index is -0.000000600. The van der Waals surface area contributed by atoms with E-state index >= 15 is 0 Å². The first-order chi connectivity index (χ1) is 14.3. The third kappa shape index (κ3) is 50.2. The van der Waals surface area contributed by atoms with Gasteiger partial charge in [0.2, 0.25) is 0 Å². The minimum atomic E-state index is -0.834. The fraction of sp³-hybridized carbons (Fsp3) is 0.792. The molecule has 6 heteroatoms. The summed E-state index contributed by atoms with van der Waals surface area (Å²) >= 11 is 0. The zero-order chi connectivity index (χ0) is 23.5. The summed E-state index contributed by atoms with van der Waals surface area (Å²) < 4.78 is 0. The van der Waals surface area contributed by atoms with Gasteiger partial charge in [-0.05, 0) is 19.3 Å². The number of allylic oxidation sites excluding steroid dienone is 1. The van der Waals surface area contributed by atoms with E-state index < -0.39 is 17.9 Å². The van der Waals surface area contributed by atoms with E-state index in [2.05, 4.69) is 6.92 Å². The van der Waals surface area contributed by atoms with Crippen LogP contribution in [0.15, 0.2) is 12.2 Å². The van der Waals surface area contributed by atoms with Gasteiger partial charge in [-0.3, -0.25) is 9.59 Å². The van der Waals surface area contributed by atoms with Gasteiger partial charge in [0.05, 0.1) is 0 Å². The first-order valence-corrected chi connectivity index (χ1v) is 11.6. The number of carboxylic acids is 3. The molecule has 0 bridgehead atoms. The van der Waals surface area contributed by atoms with Crippen LogP contribution in [0.1, 0.15) is 124 Å². The number of hydrogen-bond donors (Lipinski definition) is 3. The largest absolute Gasteiger partial charge is 0.481 e. The Kier molecular flexibility index (Phi) is 32.1. The molecule has 0 aliphatic carbocycles. The van der Waals surface area contributed by atoms with Crippen LogP contribution in [0.2, 0.25) is 0 Å². The lowest BCUT2D eigenvalue weighted by Gasteiger charge is -2.02. The molecule has 178 valence electrons. The minimum absolute atomic E-state index is 0.292. The molecular weight excluding hydrogens is 384 g/mol. The maximum Gasteiger partial charge on any atom is 0.327 e. The van der Waals surface area contributed by atoms with E-state index in [9.17, 15) is 9.59 Å². The van der Waals surface area contributed by atoms with Gasteiger partial charge in [-0.25, -0.2) is 4.79 Å². The smallest absolute Gasteiger partial charge is 0.327 e. The Morgan fingerprint density at radius 1 is 0.633 bits per heavy atom. The molecule has 0 aliphatic rings. The van der Waals surface area contributed by atoms with Crippen LogP contribution in [0, 0.1) is 0 Å². The normalized spacial score (nSPS) is 9.97. The van der Waals surface area contributed by atoms with Crippen LogP contribution >= 0.6 is 0 Å². The molecule has 0 fully saturated rings. The van der Waals surface area contributed by atoms with Gasteiger partial charge in [0.1, 0.15) is 0 Å². The Labute approximate surface area is 183 Å². The molecule has 0 radical (unpaired) electrons. The van der Waals surface area contributed by atoms with E-state index in [1.165, 1.54) is 83.1 Å². The van der Waals surface area contributed by atoms with Crippen LogP contribution in [-0.4, -0.2) is 33.2 Å². The van der Waals surface area contributed by atoms with Crippen molar-refractivity contribution in [1.29, 1.82) is 0 Å². The van der Waals surface area contributed by atoms with Crippen molar-refractivity contribution >= 4 is 17.9 Å². The fourth-order valence-electron chi connectivity index (χ4n) is 2.68. The fourth-order valence-corrected chi connectivity index (χ4v) is 2.68. The molecule has 0 spiro atoms. The summed E-state index contributed by atoms with van der Waals surface area (Å²) in [4.78, 5) is 28.8. The predicted molar refractivity (Wildman–Crippen MR) is 123 cm³/mol. The molecular formula is C24H46O6. The average Bonchev–Trinajstić information content (AvgIpc) is 2.64. The van der Waals surface area contributed by atoms with Crippen molar-refractivity contribution in [2.45, 2.75) is 124 Å². The average molecular weight is 431 g/mol. The second-order valence-corrected chi connectivity index (χ2v) is 7.43. The standard InChI is InChI=1S/C18H34O2.C4H8O2.C2H4O2/c1-2-3-4-5-6-7-8-9-10-11-12-13-14-15-16-17-18(19)20;1-2-3-4(5)6;1-2(3)4/h16-17H,2-15H2,1H3,(H,19,20);2-3H2,1H3,(H,5,6);1H3,(H,3,4)/b17-16+;;. The monoisotopic (exact) mass is 430 g/mol. The molecule has 0 saturated heterocycles. The molecule has 0 rings (SSSR count). The van der Waals surface area contributed by atoms with Gasteiger partial charge >= 0.3 is 11.9 Å². The number of aliphatic carboxylic acids is 3. The summed E-state index contributed by atoms with van der Waals surface area (Å²) in [5.41, 5.74) is 0. The van der Waals surface area contributed by atoms with Gasteiger partial charge in [0.15, 0.2) is 0 Å². The summed E-state index contributed by atoms with van der Waals surface area (Å²) in [7, 11) is 0. The van der Waals surface area contributed by atoms with Gasteiger partial charge in [-0.15, -0.1) is 0 Å². The second kappa shape index (κ2) is 29.4. The number of unbranched alkanes of at least 4 members (excludes halogenated alkanes) is 13. The molecule has 0 heterocycles. The van der Waals surface area contributed by atoms with Crippen molar-refractivity contribution in [2.75, 3.05) is 0 Å². The molecule has 6 nitrogen and oxygen atoms in total. The van der Waals surface area contributed by atoms with Gasteiger partial charge in [0, 0.05) is 19.4 Å². The Morgan fingerprint density at radius 3 is 1.27 bits per heavy atom. The van der Waals surface area contributed by atoms with Gasteiger partial charge in [-0.2, -0.15) is 0 Å². The van der Waals surface area contributed by atoms with Crippen molar-refractivity contribution in [2.24, 2.45) is 0 Å². The van der Waals surface area contributed by atoms with Crippen molar-refractivity contribution < 1.29 is 29.7 Å². The number of carboxylic acid groups (broad SMARTS) is 3. The lowest BCUT2D eigenvalue weighted by Crippen LogP contribution is -1.90. The van der Waals surface area contributed by atoms with Crippen LogP contribution in [0.5, 0.6) is 0 Å². The molecule has 3 N–H and O–H groups in total. The lowest BCUT2D eigenvalue weighted by atomic mass is 10.0. The van der Waals surface area contributed by atoms with E-state index in [4.69, 9.17) is 20.1 Å². The quantitative estimate of drug-likeness (QED) is 0.168. The van der Waals surface area contributed by atoms with E-state index in [0.29, 0.717) is 6.42 Å². The summed E-state index contributed by atoms with van der Waals surface area (Å²) in [5.74, 6) is -2.38. The SMILES string of the molecule is CC(=O)O.CCCC(=O)O.CCCCCCCCCCCCCCC/C=C/C(=O)O. The van der Waals surface area contributed by atoms with Crippen molar-refractivity contribution in [3.63, 3.8) is 0 Å². The molecule has 0 aromatic heterocycles. The van der Waals surface area contributed by atoms with Crippen molar-refractivity contribution in [3.05, 3.63) is 12.2 Å². The van der Waals surface area contributed by atoms with Crippen LogP contribution < -0.4 is 0 Å². The van der Waals surface area contributed by atoms with Gasteiger partial charge < -0.3 is 15.3 Å². The number of carbonyl (C=O) groups is 3. The first-order valence-electron chi connectivity index (χ1n) is 11.6. The zero-order valence-electron chi connectivity index (χ0n) is 19.5. The summed E-state index contributed by atoms with van der Waals surface area (Å²) in [5, 5.41) is 23.8. The molecule has 0 saturated carbocycles. The zero-order valence-corrected chi connectivity index (χ0v) is 19.5. The predicted octanol–water partition coefficient (Wildman–Crippen LogP) is 7.07. The Morgan fingerprint density at radius 2 is 1.00 bits per heavy atom. The molecule has 30 heavy (non-hydrogen) atoms. The molecule has 0 aromatic rings. The maximum atomic E-state index is 10.2. The molecule has 0 unspecified atom stereocenters. The minimum Gasteiger partial charge on any atom is -0.481 e. The third-order valence-electron chi connectivity index (χ3n) is 4.20. The maximum absolute atomic E-state index is 10.2. The van der Waals surface area contributed by atoms with Crippen LogP contribution in [-0.2, 0) is 14.4 Å². The summed E-state index contributed by atoms with van der Waals surface area (Å²) in [6.45, 7) is 5.19. The molecule has 0 atom stereocenters. The number of hydrogen-bond acceptors (Lipinski definition) is 3. The van der Waals surface area contributed by atoms with Gasteiger partial charge in [0.25, 0.3) is 5.97 Å². The highest BCUT2D eigenvalue weighted by Crippen LogP contribution is 2.12. The lowest BCUT2D eigenvalue weighted by molar-refractivity contribution is -0.137. The Hall–Kier alpha value is -1.85. The molecule has 0 aliphatic heterocycles. The highest BCUT2D eigenvalue weighted by molar-refractivity contribution is 5.79. The van der Waals surface area contributed by atoms with E-state index in [1.807, 2.05) is 6.92 Å². The van der Waals surface area contributed by atoms with E-state index in [1.54, 1.807) is 6.08 Å². The second-order valence-electron chi connectivity index (χ2n) is 7.43. The summed E-state index contributed by atoms with van der Waals surface area (Å²) in [6.07, 6.45) is 22.6. The van der Waals surface area contributed by atoms with Crippen LogP contribution in [0.3, 0.4) is 0 Å². The highest BCUT2D eigenvalue weighted by atomic mass is 16.4. The van der Waals surface area contributed by atoms with E-state index in [0.717, 1.165) is 26.2 Å². The number of rotatable bonds is 17. The third-order valence-corrected chi connectivity index (χ3v) is 4.20. The Bertz CT molecular complexity index is 414. The van der Waals surface area contributed by atoms with Crippen LogP contribution in [0.25, 0.3) is 0 Å². The van der Waals surface area contributed by atoms with Crippen molar-refractivity contribution in [1.82, 2.24) is 0 Å². The van der Waals surface area contributed by atoms with Gasteiger partial charge in [-0.1, -0.05) is 97.0 Å². The molecule has 0 amide bonds. The molecule has 0 aromatic carbocycles. The highest BCUT2D eigenvalue weighted by Gasteiger charge is 1.93. The van der Waals surface area contributed by atoms with Crippen LogP contribution in [0.4, 0.5) is 0 Å². The van der Waals surface area contributed by atoms with Crippen molar-refractivity contribution in [3.8, 4) is 0 Å².